The van der Waals surface area contributed by atoms with Crippen molar-refractivity contribution in [1.29, 1.82) is 0 Å². The number of fused-ring (bicyclic) bond motifs is 1. The zero-order valence-corrected chi connectivity index (χ0v) is 20.0. The SMILES string of the molecule is C[C@]1(CSc2ccccc2C(=O)N2CCN(Cc3ccc4c(c3)CCO4)CC2)NC(=O)NC1=O. The maximum atomic E-state index is 13.3. The summed E-state index contributed by atoms with van der Waals surface area (Å²) >= 11 is 1.41. The molecule has 3 heterocycles. The molecule has 178 valence electrons. The number of carbonyl (C=O) groups excluding carboxylic acids is 3. The number of nitrogens with one attached hydrogen (secondary N) is 2. The maximum absolute atomic E-state index is 13.3. The molecule has 5 rings (SSSR count). The summed E-state index contributed by atoms with van der Waals surface area (Å²) in [5.74, 6) is 0.998. The average molecular weight is 481 g/mol. The molecule has 9 heteroatoms. The van der Waals surface area contributed by atoms with Crippen molar-refractivity contribution < 1.29 is 19.1 Å². The van der Waals surface area contributed by atoms with Gasteiger partial charge in [0.05, 0.1) is 12.2 Å². The van der Waals surface area contributed by atoms with E-state index in [0.717, 1.165) is 43.3 Å². The van der Waals surface area contributed by atoms with E-state index >= 15 is 0 Å². The number of nitrogens with zero attached hydrogens (tertiary/aromatic N) is 2. The van der Waals surface area contributed by atoms with Gasteiger partial charge in [0.15, 0.2) is 0 Å². The van der Waals surface area contributed by atoms with Gasteiger partial charge in [-0.3, -0.25) is 19.8 Å². The van der Waals surface area contributed by atoms with Crippen molar-refractivity contribution in [2.75, 3.05) is 38.5 Å². The van der Waals surface area contributed by atoms with Crippen LogP contribution >= 0.6 is 11.8 Å². The van der Waals surface area contributed by atoms with Crippen molar-refractivity contribution in [2.24, 2.45) is 0 Å². The number of thioether (sulfide) groups is 1. The third kappa shape index (κ3) is 4.63. The first kappa shape index (κ1) is 22.7. The lowest BCUT2D eigenvalue weighted by Crippen LogP contribution is -2.48. The molecule has 0 aliphatic carbocycles. The summed E-state index contributed by atoms with van der Waals surface area (Å²) in [7, 11) is 0. The second kappa shape index (κ2) is 9.31. The van der Waals surface area contributed by atoms with Gasteiger partial charge in [0.25, 0.3) is 11.8 Å². The number of piperazine rings is 1. The summed E-state index contributed by atoms with van der Waals surface area (Å²) in [5, 5.41) is 4.95. The lowest BCUT2D eigenvalue weighted by molar-refractivity contribution is -0.122. The molecule has 0 aromatic heterocycles. The lowest BCUT2D eigenvalue weighted by Gasteiger charge is -2.35. The maximum Gasteiger partial charge on any atom is 0.322 e. The van der Waals surface area contributed by atoms with E-state index < -0.39 is 11.6 Å². The van der Waals surface area contributed by atoms with Crippen LogP contribution in [0.2, 0.25) is 0 Å². The molecule has 0 radical (unpaired) electrons. The molecule has 34 heavy (non-hydrogen) atoms. The molecular weight excluding hydrogens is 452 g/mol. The lowest BCUT2D eigenvalue weighted by atomic mass is 10.1. The third-order valence-corrected chi connectivity index (χ3v) is 7.96. The number of hydrogen-bond acceptors (Lipinski definition) is 6. The zero-order chi connectivity index (χ0) is 23.7. The number of hydrogen-bond donors (Lipinski definition) is 2. The molecule has 0 spiro atoms. The van der Waals surface area contributed by atoms with Gasteiger partial charge in [-0.2, -0.15) is 0 Å². The predicted octanol–water partition coefficient (Wildman–Crippen LogP) is 2.27. The largest absolute Gasteiger partial charge is 0.493 e. The smallest absolute Gasteiger partial charge is 0.322 e. The first-order valence-corrected chi connectivity index (χ1v) is 12.5. The van der Waals surface area contributed by atoms with Crippen molar-refractivity contribution in [1.82, 2.24) is 20.4 Å². The van der Waals surface area contributed by atoms with E-state index in [9.17, 15) is 14.4 Å². The van der Waals surface area contributed by atoms with Gasteiger partial charge in [0.1, 0.15) is 11.3 Å². The van der Waals surface area contributed by atoms with Gasteiger partial charge in [0, 0.05) is 49.8 Å². The van der Waals surface area contributed by atoms with Gasteiger partial charge in [-0.15, -0.1) is 11.8 Å². The molecule has 1 atom stereocenters. The highest BCUT2D eigenvalue weighted by Gasteiger charge is 2.42. The molecule has 3 aliphatic rings. The first-order chi connectivity index (χ1) is 16.4. The Labute approximate surface area is 203 Å². The number of amides is 4. The summed E-state index contributed by atoms with van der Waals surface area (Å²) in [4.78, 5) is 42.1. The Balaban J connectivity index is 1.19. The number of imide groups is 1. The molecular formula is C25H28N4O4S. The average Bonchev–Trinajstić information content (AvgIpc) is 3.40. The molecule has 2 fully saturated rings. The van der Waals surface area contributed by atoms with Crippen LogP contribution in [-0.2, 0) is 17.8 Å². The molecule has 2 saturated heterocycles. The van der Waals surface area contributed by atoms with Crippen LogP contribution in [0.5, 0.6) is 5.75 Å². The number of carbonyl (C=O) groups is 3. The Bertz CT molecular complexity index is 1130. The molecule has 0 unspecified atom stereocenters. The Morgan fingerprint density at radius 1 is 1.12 bits per heavy atom. The van der Waals surface area contributed by atoms with Crippen LogP contribution in [0.25, 0.3) is 0 Å². The standard InChI is InChI=1S/C25H28N4O4S/c1-25(23(31)26-24(32)27-25)16-34-21-5-3-2-4-19(21)22(30)29-11-9-28(10-12-29)15-17-6-7-20-18(14-17)8-13-33-20/h2-7,14H,8-13,15-16H2,1H3,(H2,26,27,31,32)/t25-/m1/s1. The van der Waals surface area contributed by atoms with Crippen LogP contribution in [0, 0.1) is 0 Å². The van der Waals surface area contributed by atoms with Gasteiger partial charge in [-0.1, -0.05) is 24.3 Å². The summed E-state index contributed by atoms with van der Waals surface area (Å²) in [5.41, 5.74) is 2.20. The van der Waals surface area contributed by atoms with Crippen molar-refractivity contribution >= 4 is 29.6 Å². The van der Waals surface area contributed by atoms with Crippen LogP contribution in [-0.4, -0.2) is 71.7 Å². The van der Waals surface area contributed by atoms with Crippen LogP contribution in [0.15, 0.2) is 47.4 Å². The summed E-state index contributed by atoms with van der Waals surface area (Å²) in [6, 6.07) is 13.4. The van der Waals surface area contributed by atoms with Gasteiger partial charge in [-0.05, 0) is 36.2 Å². The van der Waals surface area contributed by atoms with Gasteiger partial charge < -0.3 is 15.0 Å². The Hall–Kier alpha value is -3.04. The quantitative estimate of drug-likeness (QED) is 0.487. The topological polar surface area (TPSA) is 91.0 Å². The fraction of sp³-hybridized carbons (Fsp3) is 0.400. The normalized spacial score (nSPS) is 22.2. The second-order valence-corrected chi connectivity index (χ2v) is 10.2. The van der Waals surface area contributed by atoms with Crippen molar-refractivity contribution in [3.05, 3.63) is 59.2 Å². The van der Waals surface area contributed by atoms with Gasteiger partial charge >= 0.3 is 6.03 Å². The van der Waals surface area contributed by atoms with E-state index in [2.05, 4.69) is 33.7 Å². The van der Waals surface area contributed by atoms with E-state index in [4.69, 9.17) is 4.74 Å². The van der Waals surface area contributed by atoms with E-state index in [1.807, 2.05) is 29.2 Å². The van der Waals surface area contributed by atoms with E-state index in [1.165, 1.54) is 22.9 Å². The molecule has 2 N–H and O–H groups in total. The Kier molecular flexibility index (Phi) is 6.22. The number of rotatable bonds is 6. The second-order valence-electron chi connectivity index (χ2n) is 9.13. The summed E-state index contributed by atoms with van der Waals surface area (Å²) in [6.07, 6.45) is 0.971. The molecule has 2 aromatic carbocycles. The highest BCUT2D eigenvalue weighted by molar-refractivity contribution is 7.99. The van der Waals surface area contributed by atoms with Crippen LogP contribution < -0.4 is 15.4 Å². The molecule has 4 amide bonds. The summed E-state index contributed by atoms with van der Waals surface area (Å²) < 4.78 is 5.60. The van der Waals surface area contributed by atoms with Crippen molar-refractivity contribution in [2.45, 2.75) is 30.3 Å². The number of benzene rings is 2. The fourth-order valence-corrected chi connectivity index (χ4v) is 5.68. The molecule has 0 bridgehead atoms. The minimum atomic E-state index is -0.993. The van der Waals surface area contributed by atoms with E-state index in [0.29, 0.717) is 24.4 Å². The van der Waals surface area contributed by atoms with Gasteiger partial charge in [0.2, 0.25) is 0 Å². The van der Waals surface area contributed by atoms with Gasteiger partial charge in [-0.25, -0.2) is 4.79 Å². The fourth-order valence-electron chi connectivity index (χ4n) is 4.55. The zero-order valence-electron chi connectivity index (χ0n) is 19.1. The highest BCUT2D eigenvalue weighted by atomic mass is 32.2. The summed E-state index contributed by atoms with van der Waals surface area (Å²) in [6.45, 7) is 6.30. The van der Waals surface area contributed by atoms with E-state index in [1.54, 1.807) is 6.92 Å². The molecule has 2 aromatic rings. The molecule has 3 aliphatic heterocycles. The van der Waals surface area contributed by atoms with Crippen LogP contribution in [0.1, 0.15) is 28.4 Å². The Morgan fingerprint density at radius 2 is 1.91 bits per heavy atom. The molecule has 8 nitrogen and oxygen atoms in total. The van der Waals surface area contributed by atoms with Crippen molar-refractivity contribution in [3.63, 3.8) is 0 Å². The van der Waals surface area contributed by atoms with Crippen LogP contribution in [0.3, 0.4) is 0 Å². The number of urea groups is 1. The van der Waals surface area contributed by atoms with Crippen molar-refractivity contribution in [3.8, 4) is 5.75 Å². The molecule has 0 saturated carbocycles. The monoisotopic (exact) mass is 480 g/mol. The highest BCUT2D eigenvalue weighted by Crippen LogP contribution is 2.29. The van der Waals surface area contributed by atoms with E-state index in [-0.39, 0.29) is 11.8 Å². The minimum absolute atomic E-state index is 0.00231. The predicted molar refractivity (Wildman–Crippen MR) is 129 cm³/mol. The number of ether oxygens (including phenoxy) is 1. The Morgan fingerprint density at radius 3 is 2.68 bits per heavy atom. The van der Waals surface area contributed by atoms with Crippen LogP contribution in [0.4, 0.5) is 4.79 Å². The minimum Gasteiger partial charge on any atom is -0.493 e. The third-order valence-electron chi connectivity index (χ3n) is 6.57. The first-order valence-electron chi connectivity index (χ1n) is 11.5.